The fourth-order valence-corrected chi connectivity index (χ4v) is 3.50. The first-order chi connectivity index (χ1) is 12.2. The number of carbonyl (C=O) groups is 3. The minimum Gasteiger partial charge on any atom is -0.459 e. The molecule has 0 radical (unpaired) electrons. The SMILES string of the molecule is CC[C@H](C)CC(=O)O[C@@H]1C(=O)[C@@H](CO)[C@@H](OC)[C@@H](OC(C)=O)[C@H]1C(C)C. The molecule has 1 saturated carbocycles. The molecule has 0 spiro atoms. The highest BCUT2D eigenvalue weighted by atomic mass is 16.6. The van der Waals surface area contributed by atoms with E-state index in [0.29, 0.717) is 0 Å². The molecule has 0 amide bonds. The number of ketones is 1. The normalized spacial score (nSPS) is 30.2. The summed E-state index contributed by atoms with van der Waals surface area (Å²) < 4.78 is 16.4. The van der Waals surface area contributed by atoms with Gasteiger partial charge < -0.3 is 19.3 Å². The Bertz CT molecular complexity index is 502. The number of aliphatic hydroxyl groups is 1. The van der Waals surface area contributed by atoms with Crippen molar-refractivity contribution in [3.05, 3.63) is 0 Å². The second kappa shape index (κ2) is 10.0. The molecule has 1 aliphatic rings. The van der Waals surface area contributed by atoms with E-state index in [-0.39, 0.29) is 24.0 Å². The van der Waals surface area contributed by atoms with Crippen LogP contribution in [0.1, 0.15) is 47.5 Å². The molecule has 1 N–H and O–H groups in total. The molecule has 0 aliphatic heterocycles. The van der Waals surface area contributed by atoms with Gasteiger partial charge in [0.05, 0.1) is 12.5 Å². The summed E-state index contributed by atoms with van der Waals surface area (Å²) in [6, 6.07) is 0. The maximum absolute atomic E-state index is 12.9. The molecule has 0 aromatic heterocycles. The monoisotopic (exact) mass is 372 g/mol. The Balaban J connectivity index is 3.19. The number of aliphatic hydroxyl groups excluding tert-OH is 1. The van der Waals surface area contributed by atoms with Crippen LogP contribution in [0.15, 0.2) is 0 Å². The number of carbonyl (C=O) groups excluding carboxylic acids is 3. The molecule has 26 heavy (non-hydrogen) atoms. The Morgan fingerprint density at radius 2 is 1.77 bits per heavy atom. The molecule has 0 aromatic carbocycles. The van der Waals surface area contributed by atoms with Gasteiger partial charge in [-0.1, -0.05) is 34.1 Å². The first-order valence-electron chi connectivity index (χ1n) is 9.21. The van der Waals surface area contributed by atoms with Gasteiger partial charge in [-0.3, -0.25) is 14.4 Å². The lowest BCUT2D eigenvalue weighted by atomic mass is 9.70. The quantitative estimate of drug-likeness (QED) is 0.648. The fraction of sp³-hybridized carbons (Fsp3) is 0.842. The third-order valence-electron chi connectivity index (χ3n) is 5.11. The van der Waals surface area contributed by atoms with Crippen LogP contribution in [0.3, 0.4) is 0 Å². The summed E-state index contributed by atoms with van der Waals surface area (Å²) in [6.07, 6.45) is -1.61. The average Bonchev–Trinajstić information content (AvgIpc) is 2.56. The summed E-state index contributed by atoms with van der Waals surface area (Å²) in [5.74, 6) is -2.79. The van der Waals surface area contributed by atoms with Crippen LogP contribution in [-0.4, -0.2) is 54.9 Å². The lowest BCUT2D eigenvalue weighted by molar-refractivity contribution is -0.199. The molecule has 1 fully saturated rings. The molecular formula is C19H32O7. The van der Waals surface area contributed by atoms with Gasteiger partial charge in [0.1, 0.15) is 12.2 Å². The van der Waals surface area contributed by atoms with Crippen molar-refractivity contribution in [1.29, 1.82) is 0 Å². The predicted octanol–water partition coefficient (Wildman–Crippen LogP) is 1.74. The van der Waals surface area contributed by atoms with Gasteiger partial charge in [-0.05, 0) is 11.8 Å². The molecule has 0 bridgehead atoms. The molecule has 0 heterocycles. The van der Waals surface area contributed by atoms with Gasteiger partial charge in [0, 0.05) is 26.4 Å². The minimum atomic E-state index is -1.07. The molecule has 6 atom stereocenters. The van der Waals surface area contributed by atoms with E-state index in [2.05, 4.69) is 0 Å². The number of hydrogen-bond acceptors (Lipinski definition) is 7. The zero-order valence-corrected chi connectivity index (χ0v) is 16.6. The van der Waals surface area contributed by atoms with Crippen molar-refractivity contribution in [2.75, 3.05) is 13.7 Å². The molecule has 1 rings (SSSR count). The van der Waals surface area contributed by atoms with Gasteiger partial charge in [-0.15, -0.1) is 0 Å². The Labute approximate surface area is 155 Å². The van der Waals surface area contributed by atoms with Gasteiger partial charge in [0.25, 0.3) is 0 Å². The van der Waals surface area contributed by atoms with Gasteiger partial charge in [-0.25, -0.2) is 0 Å². The Morgan fingerprint density at radius 1 is 1.15 bits per heavy atom. The van der Waals surface area contributed by atoms with Gasteiger partial charge in [-0.2, -0.15) is 0 Å². The van der Waals surface area contributed by atoms with Crippen molar-refractivity contribution in [2.45, 2.75) is 65.8 Å². The van der Waals surface area contributed by atoms with E-state index < -0.39 is 48.7 Å². The van der Waals surface area contributed by atoms with E-state index in [1.807, 2.05) is 27.7 Å². The lowest BCUT2D eigenvalue weighted by Gasteiger charge is -2.45. The molecule has 7 heteroatoms. The Kier molecular flexibility index (Phi) is 8.70. The first-order valence-corrected chi connectivity index (χ1v) is 9.21. The standard InChI is InChI=1S/C19H32O7/c1-7-11(4)8-14(22)26-18-15(10(2)3)19(25-12(5)21)17(24-6)13(9-20)16(18)23/h10-11,13,15,17-20H,7-9H2,1-6H3/t11-,13+,15-,17+,18-,19-/m0/s1. The number of Topliss-reactive ketones (excluding diaryl/α,β-unsaturated/α-hetero) is 1. The maximum atomic E-state index is 12.9. The van der Waals surface area contributed by atoms with Crippen molar-refractivity contribution in [2.24, 2.45) is 23.7 Å². The van der Waals surface area contributed by atoms with Gasteiger partial charge in [0.2, 0.25) is 0 Å². The van der Waals surface area contributed by atoms with Crippen LogP contribution in [0.4, 0.5) is 0 Å². The van der Waals surface area contributed by atoms with Gasteiger partial charge >= 0.3 is 11.9 Å². The van der Waals surface area contributed by atoms with Crippen LogP contribution in [0.2, 0.25) is 0 Å². The number of esters is 2. The van der Waals surface area contributed by atoms with E-state index in [4.69, 9.17) is 14.2 Å². The summed E-state index contributed by atoms with van der Waals surface area (Å²) in [7, 11) is 1.41. The van der Waals surface area contributed by atoms with Crippen LogP contribution in [0.25, 0.3) is 0 Å². The molecule has 0 saturated heterocycles. The van der Waals surface area contributed by atoms with Crippen LogP contribution in [0, 0.1) is 23.7 Å². The van der Waals surface area contributed by atoms with Crippen LogP contribution >= 0.6 is 0 Å². The van der Waals surface area contributed by atoms with E-state index in [1.54, 1.807) is 0 Å². The number of rotatable bonds is 8. The maximum Gasteiger partial charge on any atom is 0.306 e. The summed E-state index contributed by atoms with van der Waals surface area (Å²) in [5, 5.41) is 9.69. The fourth-order valence-electron chi connectivity index (χ4n) is 3.50. The molecule has 150 valence electrons. The Hall–Kier alpha value is -1.47. The second-order valence-electron chi connectivity index (χ2n) is 7.42. The van der Waals surface area contributed by atoms with Crippen molar-refractivity contribution in [1.82, 2.24) is 0 Å². The third-order valence-corrected chi connectivity index (χ3v) is 5.11. The largest absolute Gasteiger partial charge is 0.459 e. The second-order valence-corrected chi connectivity index (χ2v) is 7.42. The van der Waals surface area contributed by atoms with Crippen molar-refractivity contribution in [3.8, 4) is 0 Å². The van der Waals surface area contributed by atoms with E-state index in [1.165, 1.54) is 14.0 Å². The van der Waals surface area contributed by atoms with Crippen molar-refractivity contribution in [3.63, 3.8) is 0 Å². The van der Waals surface area contributed by atoms with E-state index >= 15 is 0 Å². The van der Waals surface area contributed by atoms with Gasteiger partial charge in [0.15, 0.2) is 11.9 Å². The summed E-state index contributed by atoms with van der Waals surface area (Å²) in [6.45, 7) is 8.45. The zero-order valence-electron chi connectivity index (χ0n) is 16.6. The van der Waals surface area contributed by atoms with E-state index in [9.17, 15) is 19.5 Å². The average molecular weight is 372 g/mol. The number of methoxy groups -OCH3 is 1. The molecule has 1 aliphatic carbocycles. The smallest absolute Gasteiger partial charge is 0.306 e. The van der Waals surface area contributed by atoms with Crippen molar-refractivity contribution >= 4 is 17.7 Å². The molecular weight excluding hydrogens is 340 g/mol. The highest BCUT2D eigenvalue weighted by Crippen LogP contribution is 2.37. The topological polar surface area (TPSA) is 99.1 Å². The number of hydrogen-bond donors (Lipinski definition) is 1. The summed E-state index contributed by atoms with van der Waals surface area (Å²) >= 11 is 0. The number of ether oxygens (including phenoxy) is 3. The van der Waals surface area contributed by atoms with Crippen LogP contribution in [-0.2, 0) is 28.6 Å². The third kappa shape index (κ3) is 5.27. The van der Waals surface area contributed by atoms with Crippen molar-refractivity contribution < 1.29 is 33.7 Å². The summed E-state index contributed by atoms with van der Waals surface area (Å²) in [4.78, 5) is 36.8. The first kappa shape index (κ1) is 22.6. The molecule has 0 aromatic rings. The minimum absolute atomic E-state index is 0.109. The summed E-state index contributed by atoms with van der Waals surface area (Å²) in [5.41, 5.74) is 0. The molecule has 0 unspecified atom stereocenters. The molecule has 7 nitrogen and oxygen atoms in total. The van der Waals surface area contributed by atoms with Crippen LogP contribution in [0.5, 0.6) is 0 Å². The predicted molar refractivity (Wildman–Crippen MR) is 94.2 cm³/mol. The lowest BCUT2D eigenvalue weighted by Crippen LogP contribution is -2.61. The highest BCUT2D eigenvalue weighted by molar-refractivity contribution is 5.90. The zero-order chi connectivity index (χ0) is 20.0. The van der Waals surface area contributed by atoms with Crippen LogP contribution < -0.4 is 0 Å². The Morgan fingerprint density at radius 3 is 2.19 bits per heavy atom. The highest BCUT2D eigenvalue weighted by Gasteiger charge is 2.54. The van der Waals surface area contributed by atoms with E-state index in [0.717, 1.165) is 6.42 Å².